The van der Waals surface area contributed by atoms with E-state index in [1.54, 1.807) is 7.11 Å². The lowest BCUT2D eigenvalue weighted by atomic mass is 10.1. The summed E-state index contributed by atoms with van der Waals surface area (Å²) in [6, 6.07) is 7.75. The van der Waals surface area contributed by atoms with Crippen molar-refractivity contribution in [3.63, 3.8) is 0 Å². The van der Waals surface area contributed by atoms with Gasteiger partial charge in [0.2, 0.25) is 0 Å². The molecular weight excluding hydrogens is 398 g/mol. The Labute approximate surface area is 172 Å². The Bertz CT molecular complexity index is 804. The predicted octanol–water partition coefficient (Wildman–Crippen LogP) is 3.29. The summed E-state index contributed by atoms with van der Waals surface area (Å²) in [7, 11) is 1.62. The van der Waals surface area contributed by atoms with Crippen LogP contribution in [-0.4, -0.2) is 47.3 Å². The fraction of sp³-hybridized carbons (Fsp3) is 0.421. The molecule has 0 unspecified atom stereocenters. The number of carbonyl (C=O) groups is 1. The quantitative estimate of drug-likeness (QED) is 0.329. The van der Waals surface area contributed by atoms with Gasteiger partial charge in [-0.2, -0.15) is 0 Å². The molecule has 28 heavy (non-hydrogen) atoms. The number of carbonyl (C=O) groups excluding carboxylic acids is 1. The van der Waals surface area contributed by atoms with Gasteiger partial charge in [-0.15, -0.1) is 11.8 Å². The van der Waals surface area contributed by atoms with E-state index in [1.807, 2.05) is 36.0 Å². The average molecular weight is 422 g/mol. The van der Waals surface area contributed by atoms with Gasteiger partial charge in [0.05, 0.1) is 11.5 Å². The van der Waals surface area contributed by atoms with Gasteiger partial charge < -0.3 is 14.7 Å². The number of nitrogens with zero attached hydrogens (tertiary/aromatic N) is 2. The molecule has 150 valence electrons. The molecule has 1 heterocycles. The van der Waals surface area contributed by atoms with Gasteiger partial charge in [0, 0.05) is 42.0 Å². The van der Waals surface area contributed by atoms with Gasteiger partial charge in [-0.1, -0.05) is 28.6 Å². The number of nitrogens with one attached hydrogen (secondary N) is 1. The Morgan fingerprint density at radius 3 is 2.79 bits per heavy atom. The smallest absolute Gasteiger partial charge is 0.280 e. The van der Waals surface area contributed by atoms with Gasteiger partial charge in [-0.25, -0.2) is 4.98 Å². The standard InChI is InChI=1S/C19H23N3O4S2/c1-25-9-2-10-26-22-17(18(24)21-19-20-11-16(12-23)28-19)13-3-5-14(6-4-13)27-15-7-8-15/h3-6,11,15,23H,2,7-10,12H2,1H3,(H,20,21,24)/b22-17+. The number of ether oxygens (including phenoxy) is 1. The van der Waals surface area contributed by atoms with E-state index < -0.39 is 5.91 Å². The van der Waals surface area contributed by atoms with Crippen molar-refractivity contribution in [2.24, 2.45) is 5.16 Å². The maximum absolute atomic E-state index is 12.8. The van der Waals surface area contributed by atoms with Crippen molar-refractivity contribution in [1.29, 1.82) is 0 Å². The summed E-state index contributed by atoms with van der Waals surface area (Å²) in [6.07, 6.45) is 4.74. The zero-order chi connectivity index (χ0) is 19.8. The van der Waals surface area contributed by atoms with Crippen molar-refractivity contribution < 1.29 is 19.5 Å². The number of aromatic nitrogens is 1. The minimum Gasteiger partial charge on any atom is -0.395 e. The van der Waals surface area contributed by atoms with Gasteiger partial charge in [0.1, 0.15) is 6.61 Å². The summed E-state index contributed by atoms with van der Waals surface area (Å²) in [5, 5.41) is 17.1. The summed E-state index contributed by atoms with van der Waals surface area (Å²) in [5.74, 6) is -0.409. The van der Waals surface area contributed by atoms with Crippen LogP contribution in [0.5, 0.6) is 0 Å². The van der Waals surface area contributed by atoms with E-state index in [1.165, 1.54) is 35.3 Å². The molecule has 3 rings (SSSR count). The molecule has 1 aliphatic rings. The van der Waals surface area contributed by atoms with Crippen molar-refractivity contribution in [2.75, 3.05) is 25.6 Å². The first kappa shape index (κ1) is 20.8. The first-order chi connectivity index (χ1) is 13.7. The number of oxime groups is 1. The van der Waals surface area contributed by atoms with Crippen molar-refractivity contribution in [3.05, 3.63) is 40.9 Å². The normalized spacial score (nSPS) is 14.1. The minimum absolute atomic E-state index is 0.114. The summed E-state index contributed by atoms with van der Waals surface area (Å²) in [5.41, 5.74) is 0.851. The van der Waals surface area contributed by atoms with Crippen LogP contribution in [0.2, 0.25) is 0 Å². The number of aliphatic hydroxyl groups is 1. The highest BCUT2D eigenvalue weighted by atomic mass is 32.2. The van der Waals surface area contributed by atoms with E-state index in [9.17, 15) is 4.79 Å². The molecule has 9 heteroatoms. The van der Waals surface area contributed by atoms with E-state index in [2.05, 4.69) is 15.5 Å². The van der Waals surface area contributed by atoms with Crippen LogP contribution >= 0.6 is 23.1 Å². The number of thioether (sulfide) groups is 1. The molecule has 2 N–H and O–H groups in total. The van der Waals surface area contributed by atoms with E-state index in [4.69, 9.17) is 14.7 Å². The van der Waals surface area contributed by atoms with Crippen molar-refractivity contribution in [2.45, 2.75) is 36.0 Å². The van der Waals surface area contributed by atoms with Crippen LogP contribution in [0, 0.1) is 0 Å². The van der Waals surface area contributed by atoms with E-state index in [-0.39, 0.29) is 12.3 Å². The average Bonchev–Trinajstić information content (AvgIpc) is 3.41. The highest BCUT2D eigenvalue weighted by Gasteiger charge is 2.23. The molecule has 1 fully saturated rings. The molecule has 0 radical (unpaired) electrons. The van der Waals surface area contributed by atoms with Gasteiger partial charge in [-0.3, -0.25) is 10.1 Å². The molecule has 1 saturated carbocycles. The van der Waals surface area contributed by atoms with Crippen LogP contribution in [0.1, 0.15) is 29.7 Å². The number of benzene rings is 1. The van der Waals surface area contributed by atoms with Gasteiger partial charge in [0.15, 0.2) is 10.8 Å². The molecule has 0 saturated heterocycles. The minimum atomic E-state index is -0.409. The maximum Gasteiger partial charge on any atom is 0.280 e. The zero-order valence-corrected chi connectivity index (χ0v) is 17.2. The van der Waals surface area contributed by atoms with Crippen LogP contribution in [0.25, 0.3) is 0 Å². The molecule has 7 nitrogen and oxygen atoms in total. The highest BCUT2D eigenvalue weighted by Crippen LogP contribution is 2.39. The van der Waals surface area contributed by atoms with Gasteiger partial charge in [0.25, 0.3) is 5.91 Å². The maximum atomic E-state index is 12.8. The second-order valence-corrected chi connectivity index (χ2v) is 8.69. The second-order valence-electron chi connectivity index (χ2n) is 6.21. The van der Waals surface area contributed by atoms with Gasteiger partial charge in [-0.05, 0) is 25.0 Å². The summed E-state index contributed by atoms with van der Waals surface area (Å²) in [6.45, 7) is 0.802. The highest BCUT2D eigenvalue weighted by molar-refractivity contribution is 8.00. The third kappa shape index (κ3) is 6.30. The molecule has 1 aromatic carbocycles. The van der Waals surface area contributed by atoms with Crippen LogP contribution in [0.15, 0.2) is 40.5 Å². The fourth-order valence-corrected chi connectivity index (χ4v) is 3.99. The molecule has 2 aromatic rings. The Balaban J connectivity index is 1.71. The lowest BCUT2D eigenvalue weighted by Crippen LogP contribution is -2.24. The van der Waals surface area contributed by atoms with Gasteiger partial charge >= 0.3 is 0 Å². The topological polar surface area (TPSA) is 93.0 Å². The Hall–Kier alpha value is -1.94. The molecule has 0 bridgehead atoms. The lowest BCUT2D eigenvalue weighted by Gasteiger charge is -2.08. The monoisotopic (exact) mass is 421 g/mol. The number of aliphatic hydroxyl groups excluding tert-OH is 1. The van der Waals surface area contributed by atoms with Crippen molar-refractivity contribution >= 4 is 39.8 Å². The van der Waals surface area contributed by atoms with Crippen molar-refractivity contribution in [3.8, 4) is 0 Å². The van der Waals surface area contributed by atoms with E-state index in [0.29, 0.717) is 35.2 Å². The number of hydrogen-bond donors (Lipinski definition) is 2. The lowest BCUT2D eigenvalue weighted by molar-refractivity contribution is -0.110. The first-order valence-corrected chi connectivity index (χ1v) is 10.7. The van der Waals surface area contributed by atoms with E-state index in [0.717, 1.165) is 5.25 Å². The molecular formula is C19H23N3O4S2. The molecule has 1 aromatic heterocycles. The van der Waals surface area contributed by atoms with E-state index >= 15 is 0 Å². The largest absolute Gasteiger partial charge is 0.395 e. The third-order valence-corrected chi connectivity index (χ3v) is 6.09. The number of thiazole rings is 1. The molecule has 1 amide bonds. The van der Waals surface area contributed by atoms with Crippen LogP contribution in [0.3, 0.4) is 0 Å². The second kappa shape index (κ2) is 10.6. The number of amides is 1. The SMILES string of the molecule is COCCCO/N=C(/C(=O)Nc1ncc(CO)s1)c1ccc(SC2CC2)cc1. The van der Waals surface area contributed by atoms with Crippen LogP contribution in [-0.2, 0) is 21.0 Å². The number of methoxy groups -OCH3 is 1. The number of anilines is 1. The Kier molecular flexibility index (Phi) is 7.84. The fourth-order valence-electron chi connectivity index (χ4n) is 2.27. The molecule has 0 atom stereocenters. The summed E-state index contributed by atoms with van der Waals surface area (Å²) >= 11 is 3.07. The number of rotatable bonds is 11. The van der Waals surface area contributed by atoms with Crippen molar-refractivity contribution in [1.82, 2.24) is 4.98 Å². The zero-order valence-electron chi connectivity index (χ0n) is 15.6. The first-order valence-electron chi connectivity index (χ1n) is 9.02. The van der Waals surface area contributed by atoms with Crippen LogP contribution < -0.4 is 5.32 Å². The Morgan fingerprint density at radius 1 is 1.36 bits per heavy atom. The number of hydrogen-bond acceptors (Lipinski definition) is 8. The summed E-state index contributed by atoms with van der Waals surface area (Å²) in [4.78, 5) is 24.0. The molecule has 0 spiro atoms. The Morgan fingerprint density at radius 2 is 2.14 bits per heavy atom. The predicted molar refractivity (Wildman–Crippen MR) is 111 cm³/mol. The third-order valence-electron chi connectivity index (χ3n) is 3.84. The summed E-state index contributed by atoms with van der Waals surface area (Å²) < 4.78 is 4.99. The molecule has 0 aliphatic heterocycles. The van der Waals surface area contributed by atoms with Crippen LogP contribution in [0.4, 0.5) is 5.13 Å². The molecule has 1 aliphatic carbocycles.